The Morgan fingerprint density at radius 3 is 2.33 bits per heavy atom. The Hall–Kier alpha value is -1.82. The first-order valence-electron chi connectivity index (χ1n) is 6.20. The summed E-state index contributed by atoms with van der Waals surface area (Å²) >= 11 is 0. The lowest BCUT2D eigenvalue weighted by molar-refractivity contribution is -0.123. The van der Waals surface area contributed by atoms with Crippen LogP contribution in [0.2, 0.25) is 0 Å². The first-order valence-corrected chi connectivity index (χ1v) is 6.20. The van der Waals surface area contributed by atoms with Gasteiger partial charge in [0.1, 0.15) is 5.41 Å². The SMILES string of the molecule is CCCc1ccc(N(C)C(=O)C(C)(C)C#N)cc1. The fraction of sp³-hybridized carbons (Fsp3) is 0.467. The molecule has 0 aliphatic heterocycles. The number of carbonyl (C=O) groups is 1. The van der Waals surface area contributed by atoms with Crippen molar-refractivity contribution in [2.24, 2.45) is 5.41 Å². The molecule has 1 amide bonds. The Kier molecular flexibility index (Phi) is 4.49. The largest absolute Gasteiger partial charge is 0.314 e. The molecule has 0 heterocycles. The van der Waals surface area contributed by atoms with Gasteiger partial charge in [-0.3, -0.25) is 4.79 Å². The maximum atomic E-state index is 12.1. The molecule has 96 valence electrons. The van der Waals surface area contributed by atoms with Crippen molar-refractivity contribution in [3.8, 4) is 6.07 Å². The summed E-state index contributed by atoms with van der Waals surface area (Å²) in [5, 5.41) is 8.98. The standard InChI is InChI=1S/C15H20N2O/c1-5-6-12-7-9-13(10-8-12)17(4)14(18)15(2,3)11-16/h7-10H,5-6H2,1-4H3. The number of nitrogens with zero attached hydrogens (tertiary/aromatic N) is 2. The molecule has 0 fully saturated rings. The molecule has 0 atom stereocenters. The third-order valence-corrected chi connectivity index (χ3v) is 2.98. The van der Waals surface area contributed by atoms with Crippen molar-refractivity contribution in [3.63, 3.8) is 0 Å². The average Bonchev–Trinajstić information content (AvgIpc) is 2.38. The van der Waals surface area contributed by atoms with Crippen molar-refractivity contribution >= 4 is 11.6 Å². The van der Waals surface area contributed by atoms with Gasteiger partial charge in [-0.2, -0.15) is 5.26 Å². The van der Waals surface area contributed by atoms with Gasteiger partial charge in [-0.15, -0.1) is 0 Å². The van der Waals surface area contributed by atoms with Gasteiger partial charge in [0.05, 0.1) is 6.07 Å². The van der Waals surface area contributed by atoms with Crippen LogP contribution in [0.4, 0.5) is 5.69 Å². The van der Waals surface area contributed by atoms with Crippen molar-refractivity contribution in [3.05, 3.63) is 29.8 Å². The second-order valence-corrected chi connectivity index (χ2v) is 5.02. The van der Waals surface area contributed by atoms with Crippen molar-refractivity contribution in [1.82, 2.24) is 0 Å². The van der Waals surface area contributed by atoms with Crippen LogP contribution in [-0.2, 0) is 11.2 Å². The van der Waals surface area contributed by atoms with Gasteiger partial charge in [0, 0.05) is 12.7 Å². The smallest absolute Gasteiger partial charge is 0.246 e. The van der Waals surface area contributed by atoms with Gasteiger partial charge in [-0.05, 0) is 38.0 Å². The van der Waals surface area contributed by atoms with Crippen molar-refractivity contribution in [2.45, 2.75) is 33.6 Å². The minimum absolute atomic E-state index is 0.187. The predicted octanol–water partition coefficient (Wildman–Crippen LogP) is 3.15. The minimum Gasteiger partial charge on any atom is -0.314 e. The number of aryl methyl sites for hydroxylation is 1. The lowest BCUT2D eigenvalue weighted by Crippen LogP contribution is -2.37. The van der Waals surface area contributed by atoms with Crippen LogP contribution < -0.4 is 4.90 Å². The Bertz CT molecular complexity index is 454. The number of carbonyl (C=O) groups excluding carboxylic acids is 1. The van der Waals surface area contributed by atoms with Gasteiger partial charge in [0.25, 0.3) is 0 Å². The topological polar surface area (TPSA) is 44.1 Å². The zero-order valence-corrected chi connectivity index (χ0v) is 11.5. The Morgan fingerprint density at radius 1 is 1.33 bits per heavy atom. The normalized spacial score (nSPS) is 10.8. The predicted molar refractivity (Wildman–Crippen MR) is 73.2 cm³/mol. The Balaban J connectivity index is 2.88. The molecule has 0 saturated carbocycles. The van der Waals surface area contributed by atoms with Gasteiger partial charge in [-0.25, -0.2) is 0 Å². The molecule has 0 aromatic heterocycles. The van der Waals surface area contributed by atoms with E-state index in [0.717, 1.165) is 18.5 Å². The van der Waals surface area contributed by atoms with E-state index in [2.05, 4.69) is 6.92 Å². The van der Waals surface area contributed by atoms with E-state index in [-0.39, 0.29) is 5.91 Å². The molecule has 1 aromatic rings. The van der Waals surface area contributed by atoms with E-state index in [1.54, 1.807) is 25.8 Å². The quantitative estimate of drug-likeness (QED) is 0.816. The lowest BCUT2D eigenvalue weighted by atomic mass is 9.94. The van der Waals surface area contributed by atoms with Crippen LogP contribution in [-0.4, -0.2) is 13.0 Å². The number of anilines is 1. The zero-order chi connectivity index (χ0) is 13.8. The van der Waals surface area contributed by atoms with E-state index < -0.39 is 5.41 Å². The highest BCUT2D eigenvalue weighted by molar-refractivity contribution is 5.98. The summed E-state index contributed by atoms with van der Waals surface area (Å²) in [6.07, 6.45) is 2.15. The van der Waals surface area contributed by atoms with E-state index >= 15 is 0 Å². The summed E-state index contributed by atoms with van der Waals surface area (Å²) in [6.45, 7) is 5.41. The number of amides is 1. The third-order valence-electron chi connectivity index (χ3n) is 2.98. The second-order valence-electron chi connectivity index (χ2n) is 5.02. The molecule has 0 bridgehead atoms. The lowest BCUT2D eigenvalue weighted by Gasteiger charge is -2.24. The Labute approximate surface area is 109 Å². The first-order chi connectivity index (χ1) is 8.42. The Morgan fingerprint density at radius 2 is 1.89 bits per heavy atom. The summed E-state index contributed by atoms with van der Waals surface area (Å²) in [5.41, 5.74) is 1.10. The van der Waals surface area contributed by atoms with Crippen LogP contribution in [0, 0.1) is 16.7 Å². The number of hydrogen-bond donors (Lipinski definition) is 0. The maximum absolute atomic E-state index is 12.1. The van der Waals surface area contributed by atoms with Crippen LogP contribution in [0.25, 0.3) is 0 Å². The summed E-state index contributed by atoms with van der Waals surface area (Å²) in [5.74, 6) is -0.187. The monoisotopic (exact) mass is 244 g/mol. The van der Waals surface area contributed by atoms with Gasteiger partial charge in [0.15, 0.2) is 0 Å². The molecule has 0 N–H and O–H groups in total. The number of rotatable bonds is 4. The highest BCUT2D eigenvalue weighted by Crippen LogP contribution is 2.22. The molecule has 0 spiro atoms. The number of nitriles is 1. The number of hydrogen-bond acceptors (Lipinski definition) is 2. The van der Waals surface area contributed by atoms with E-state index in [9.17, 15) is 4.79 Å². The van der Waals surface area contributed by atoms with Gasteiger partial charge in [-0.1, -0.05) is 25.5 Å². The van der Waals surface area contributed by atoms with Crippen LogP contribution in [0.1, 0.15) is 32.8 Å². The van der Waals surface area contributed by atoms with Gasteiger partial charge in [0.2, 0.25) is 5.91 Å². The summed E-state index contributed by atoms with van der Waals surface area (Å²) < 4.78 is 0. The van der Waals surface area contributed by atoms with Crippen LogP contribution >= 0.6 is 0 Å². The van der Waals surface area contributed by atoms with Gasteiger partial charge >= 0.3 is 0 Å². The van der Waals surface area contributed by atoms with Crippen molar-refractivity contribution < 1.29 is 4.79 Å². The summed E-state index contributed by atoms with van der Waals surface area (Å²) in [7, 11) is 1.70. The molecule has 0 radical (unpaired) electrons. The molecule has 18 heavy (non-hydrogen) atoms. The average molecular weight is 244 g/mol. The second kappa shape index (κ2) is 5.68. The molecule has 1 aromatic carbocycles. The van der Waals surface area contributed by atoms with Crippen LogP contribution in [0.15, 0.2) is 24.3 Å². The highest BCUT2D eigenvalue weighted by Gasteiger charge is 2.30. The van der Waals surface area contributed by atoms with Gasteiger partial charge < -0.3 is 4.90 Å². The van der Waals surface area contributed by atoms with Crippen LogP contribution in [0.3, 0.4) is 0 Å². The summed E-state index contributed by atoms with van der Waals surface area (Å²) in [4.78, 5) is 13.7. The molecular weight excluding hydrogens is 224 g/mol. The maximum Gasteiger partial charge on any atom is 0.246 e. The molecule has 0 saturated heterocycles. The third kappa shape index (κ3) is 3.10. The molecule has 3 heteroatoms. The first kappa shape index (κ1) is 14.2. The summed E-state index contributed by atoms with van der Waals surface area (Å²) in [6, 6.07) is 9.95. The molecule has 3 nitrogen and oxygen atoms in total. The van der Waals surface area contributed by atoms with Crippen molar-refractivity contribution in [1.29, 1.82) is 5.26 Å². The highest BCUT2D eigenvalue weighted by atomic mass is 16.2. The molecule has 1 rings (SSSR count). The fourth-order valence-corrected chi connectivity index (χ4v) is 1.76. The van der Waals surface area contributed by atoms with E-state index in [4.69, 9.17) is 5.26 Å². The minimum atomic E-state index is -0.989. The fourth-order valence-electron chi connectivity index (χ4n) is 1.76. The molecular formula is C15H20N2O. The molecule has 0 aliphatic carbocycles. The van der Waals surface area contributed by atoms with E-state index in [1.807, 2.05) is 30.3 Å². The van der Waals surface area contributed by atoms with E-state index in [0.29, 0.717) is 0 Å². The number of benzene rings is 1. The van der Waals surface area contributed by atoms with Crippen LogP contribution in [0.5, 0.6) is 0 Å². The molecule has 0 unspecified atom stereocenters. The zero-order valence-electron chi connectivity index (χ0n) is 11.5. The van der Waals surface area contributed by atoms with E-state index in [1.165, 1.54) is 5.56 Å². The molecule has 0 aliphatic rings. The van der Waals surface area contributed by atoms with Crippen molar-refractivity contribution in [2.75, 3.05) is 11.9 Å².